The first-order valence-corrected chi connectivity index (χ1v) is 12.2. The van der Waals surface area contributed by atoms with Gasteiger partial charge in [-0.1, -0.05) is 55.9 Å². The van der Waals surface area contributed by atoms with E-state index in [9.17, 15) is 13.7 Å². The molecule has 7 nitrogen and oxygen atoms in total. The summed E-state index contributed by atoms with van der Waals surface area (Å²) < 4.78 is 23.0. The number of nitriles is 1. The topological polar surface area (TPSA) is 122 Å². The predicted molar refractivity (Wildman–Crippen MR) is 123 cm³/mol. The molecule has 1 aromatic heterocycles. The van der Waals surface area contributed by atoms with E-state index in [4.69, 9.17) is 5.14 Å². The van der Waals surface area contributed by atoms with Gasteiger partial charge in [0.05, 0.1) is 10.6 Å². The van der Waals surface area contributed by atoms with Gasteiger partial charge in [-0.3, -0.25) is 0 Å². The lowest BCUT2D eigenvalue weighted by Crippen LogP contribution is -2.12. The molecule has 0 bridgehead atoms. The molecule has 3 aromatic rings. The molecular weight excluding hydrogens is 430 g/mol. The van der Waals surface area contributed by atoms with Gasteiger partial charge in [0.1, 0.15) is 11.6 Å². The zero-order chi connectivity index (χ0) is 22.4. The molecular formula is C22H23N5O2S2. The molecule has 0 atom stereocenters. The van der Waals surface area contributed by atoms with Crippen LogP contribution < -0.4 is 10.5 Å². The van der Waals surface area contributed by atoms with E-state index in [-0.39, 0.29) is 4.90 Å². The van der Waals surface area contributed by atoms with E-state index < -0.39 is 10.0 Å². The second-order valence-corrected chi connectivity index (χ2v) is 9.91. The van der Waals surface area contributed by atoms with Crippen molar-refractivity contribution in [3.05, 3.63) is 60.2 Å². The first kappa shape index (κ1) is 22.7. The van der Waals surface area contributed by atoms with Gasteiger partial charge < -0.3 is 5.32 Å². The number of benzene rings is 2. The van der Waals surface area contributed by atoms with Gasteiger partial charge in [-0.25, -0.2) is 23.5 Å². The van der Waals surface area contributed by atoms with E-state index >= 15 is 0 Å². The van der Waals surface area contributed by atoms with Gasteiger partial charge in [0.15, 0.2) is 11.0 Å². The van der Waals surface area contributed by atoms with Gasteiger partial charge in [-0.05, 0) is 36.6 Å². The monoisotopic (exact) mass is 453 g/mol. The molecule has 0 aliphatic carbocycles. The number of nitrogens with two attached hydrogens (primary N) is 1. The van der Waals surface area contributed by atoms with Crippen LogP contribution in [0.2, 0.25) is 0 Å². The Kier molecular flexibility index (Phi) is 7.28. The Morgan fingerprint density at radius 3 is 2.35 bits per heavy atom. The molecule has 2 aromatic carbocycles. The molecule has 160 valence electrons. The number of sulfonamides is 1. The normalized spacial score (nSPS) is 11.3. The van der Waals surface area contributed by atoms with Crippen LogP contribution in [-0.4, -0.2) is 24.1 Å². The lowest BCUT2D eigenvalue weighted by atomic mass is 10.1. The standard InChI is InChI=1S/C22H23N5O2S2/c1-15(2)12-13-30-22-26-20(16-6-4-3-5-7-16)19(14-23)21(27-22)25-17-8-10-18(11-9-17)31(24,28)29/h3-11,15H,12-13H2,1-2H3,(H2,24,28,29)(H,25,26,27). The van der Waals surface area contributed by atoms with Crippen LogP contribution in [0.1, 0.15) is 25.8 Å². The summed E-state index contributed by atoms with van der Waals surface area (Å²) in [7, 11) is -3.78. The van der Waals surface area contributed by atoms with Gasteiger partial charge in [-0.15, -0.1) is 0 Å². The molecule has 9 heteroatoms. The van der Waals surface area contributed by atoms with E-state index in [0.29, 0.717) is 33.8 Å². The molecule has 0 saturated heterocycles. The third kappa shape index (κ3) is 6.04. The highest BCUT2D eigenvalue weighted by atomic mass is 32.2. The molecule has 0 aliphatic heterocycles. The van der Waals surface area contributed by atoms with Crippen molar-refractivity contribution in [3.8, 4) is 17.3 Å². The van der Waals surface area contributed by atoms with E-state index in [1.807, 2.05) is 30.3 Å². The molecule has 0 spiro atoms. The zero-order valence-electron chi connectivity index (χ0n) is 17.2. The van der Waals surface area contributed by atoms with Crippen molar-refractivity contribution in [2.24, 2.45) is 11.1 Å². The van der Waals surface area contributed by atoms with Crippen LogP contribution in [0.5, 0.6) is 0 Å². The fourth-order valence-corrected chi connectivity index (χ4v) is 4.36. The van der Waals surface area contributed by atoms with Crippen molar-refractivity contribution in [2.45, 2.75) is 30.3 Å². The third-order valence-corrected chi connectivity index (χ3v) is 6.23. The highest BCUT2D eigenvalue weighted by Gasteiger charge is 2.17. The highest BCUT2D eigenvalue weighted by molar-refractivity contribution is 7.99. The summed E-state index contributed by atoms with van der Waals surface area (Å²) in [6.45, 7) is 4.32. The molecule has 31 heavy (non-hydrogen) atoms. The van der Waals surface area contributed by atoms with Crippen molar-refractivity contribution in [1.29, 1.82) is 5.26 Å². The number of hydrogen-bond donors (Lipinski definition) is 2. The minimum Gasteiger partial charge on any atom is -0.339 e. The van der Waals surface area contributed by atoms with Crippen LogP contribution >= 0.6 is 11.8 Å². The second kappa shape index (κ2) is 9.92. The van der Waals surface area contributed by atoms with Gasteiger partial charge in [0.2, 0.25) is 10.0 Å². The van der Waals surface area contributed by atoms with Crippen LogP contribution in [0, 0.1) is 17.2 Å². The van der Waals surface area contributed by atoms with Crippen molar-refractivity contribution >= 4 is 33.3 Å². The number of anilines is 2. The summed E-state index contributed by atoms with van der Waals surface area (Å²) in [6.07, 6.45) is 1.02. The van der Waals surface area contributed by atoms with Crippen LogP contribution in [0.4, 0.5) is 11.5 Å². The molecule has 1 heterocycles. The highest BCUT2D eigenvalue weighted by Crippen LogP contribution is 2.31. The van der Waals surface area contributed by atoms with Crippen LogP contribution in [-0.2, 0) is 10.0 Å². The Bertz CT molecular complexity index is 1190. The summed E-state index contributed by atoms with van der Waals surface area (Å²) in [5.74, 6) is 1.79. The minimum absolute atomic E-state index is 0.0103. The van der Waals surface area contributed by atoms with E-state index in [1.54, 1.807) is 12.1 Å². The van der Waals surface area contributed by atoms with Crippen molar-refractivity contribution in [2.75, 3.05) is 11.1 Å². The third-order valence-electron chi connectivity index (χ3n) is 4.42. The predicted octanol–water partition coefficient (Wildman–Crippen LogP) is 4.54. The summed E-state index contributed by atoms with van der Waals surface area (Å²) in [5, 5.41) is 18.7. The maximum atomic E-state index is 11.5. The average Bonchev–Trinajstić information content (AvgIpc) is 2.73. The number of nitrogens with one attached hydrogen (secondary N) is 1. The average molecular weight is 454 g/mol. The number of thioether (sulfide) groups is 1. The summed E-state index contributed by atoms with van der Waals surface area (Å²) in [4.78, 5) is 9.23. The van der Waals surface area contributed by atoms with Crippen molar-refractivity contribution in [1.82, 2.24) is 9.97 Å². The maximum Gasteiger partial charge on any atom is 0.238 e. The summed E-state index contributed by atoms with van der Waals surface area (Å²) >= 11 is 1.54. The van der Waals surface area contributed by atoms with Gasteiger partial charge in [-0.2, -0.15) is 5.26 Å². The van der Waals surface area contributed by atoms with Gasteiger partial charge in [0.25, 0.3) is 0 Å². The fourth-order valence-electron chi connectivity index (χ4n) is 2.76. The maximum absolute atomic E-state index is 11.5. The van der Waals surface area contributed by atoms with Gasteiger partial charge in [0, 0.05) is 17.0 Å². The number of rotatable bonds is 8. The molecule has 0 amide bonds. The van der Waals surface area contributed by atoms with Gasteiger partial charge >= 0.3 is 0 Å². The number of nitrogens with zero attached hydrogens (tertiary/aromatic N) is 3. The molecule has 3 rings (SSSR count). The lowest BCUT2D eigenvalue weighted by molar-refractivity contribution is 0.598. The number of hydrogen-bond acceptors (Lipinski definition) is 7. The van der Waals surface area contributed by atoms with Crippen molar-refractivity contribution < 1.29 is 8.42 Å². The summed E-state index contributed by atoms with van der Waals surface area (Å²) in [6, 6.07) is 17.7. The van der Waals surface area contributed by atoms with E-state index in [2.05, 4.69) is 35.2 Å². The Balaban J connectivity index is 2.01. The summed E-state index contributed by atoms with van der Waals surface area (Å²) in [5.41, 5.74) is 2.27. The smallest absolute Gasteiger partial charge is 0.238 e. The Morgan fingerprint density at radius 1 is 1.10 bits per heavy atom. The largest absolute Gasteiger partial charge is 0.339 e. The Morgan fingerprint density at radius 2 is 1.77 bits per heavy atom. The van der Waals surface area contributed by atoms with Crippen LogP contribution in [0.25, 0.3) is 11.3 Å². The second-order valence-electron chi connectivity index (χ2n) is 7.28. The van der Waals surface area contributed by atoms with Crippen molar-refractivity contribution in [3.63, 3.8) is 0 Å². The quantitative estimate of drug-likeness (QED) is 0.379. The van der Waals surface area contributed by atoms with Crippen LogP contribution in [0.15, 0.2) is 64.6 Å². The molecule has 0 saturated carbocycles. The Labute approximate surface area is 186 Å². The first-order valence-electron chi connectivity index (χ1n) is 9.68. The molecule has 3 N–H and O–H groups in total. The van der Waals surface area contributed by atoms with Crippen LogP contribution in [0.3, 0.4) is 0 Å². The molecule has 0 radical (unpaired) electrons. The molecule has 0 unspecified atom stereocenters. The number of aromatic nitrogens is 2. The zero-order valence-corrected chi connectivity index (χ0v) is 18.9. The Hall–Kier alpha value is -2.93. The van der Waals surface area contributed by atoms with E-state index in [1.165, 1.54) is 23.9 Å². The molecule has 0 fully saturated rings. The first-order chi connectivity index (χ1) is 14.8. The minimum atomic E-state index is -3.78. The van der Waals surface area contributed by atoms with E-state index in [0.717, 1.165) is 17.7 Å². The molecule has 0 aliphatic rings. The number of primary sulfonamides is 1. The lowest BCUT2D eigenvalue weighted by Gasteiger charge is -2.13. The SMILES string of the molecule is CC(C)CCSc1nc(Nc2ccc(S(N)(=O)=O)cc2)c(C#N)c(-c2ccccc2)n1. The fraction of sp³-hybridized carbons (Fsp3) is 0.227.